The molecule has 1 aliphatic rings. The number of carbonyl (C=O) groups is 1. The van der Waals surface area contributed by atoms with Crippen molar-refractivity contribution in [2.24, 2.45) is 11.1 Å². The second kappa shape index (κ2) is 8.02. The van der Waals surface area contributed by atoms with E-state index in [1.54, 1.807) is 12.3 Å². The highest BCUT2D eigenvalue weighted by Gasteiger charge is 2.33. The van der Waals surface area contributed by atoms with Gasteiger partial charge in [0.25, 0.3) is 5.91 Å². The van der Waals surface area contributed by atoms with Crippen molar-refractivity contribution in [3.05, 3.63) is 71.1 Å². The van der Waals surface area contributed by atoms with E-state index < -0.39 is 0 Å². The second-order valence-corrected chi connectivity index (χ2v) is 7.27. The molecule has 1 N–H and O–H groups in total. The van der Waals surface area contributed by atoms with Crippen LogP contribution in [-0.4, -0.2) is 33.7 Å². The Morgan fingerprint density at radius 1 is 1.29 bits per heavy atom. The smallest absolute Gasteiger partial charge is 0.255 e. The van der Waals surface area contributed by atoms with Crippen molar-refractivity contribution < 1.29 is 9.63 Å². The highest BCUT2D eigenvalue weighted by Crippen LogP contribution is 2.26. The van der Waals surface area contributed by atoms with Crippen molar-refractivity contribution in [1.82, 2.24) is 14.7 Å². The molecular weight excluding hydrogens is 376 g/mol. The fourth-order valence-electron chi connectivity index (χ4n) is 3.62. The molecule has 1 aliphatic heterocycles. The van der Waals surface area contributed by atoms with Crippen LogP contribution in [0.1, 0.15) is 29.3 Å². The third-order valence-corrected chi connectivity index (χ3v) is 5.28. The minimum Gasteiger partial charge on any atom is -0.391 e. The lowest BCUT2D eigenvalue weighted by Crippen LogP contribution is -2.35. The van der Waals surface area contributed by atoms with E-state index in [4.69, 9.17) is 16.4 Å². The highest BCUT2D eigenvalue weighted by atomic mass is 35.5. The lowest BCUT2D eigenvalue weighted by atomic mass is 9.90. The molecule has 0 bridgehead atoms. The molecule has 0 fully saturated rings. The van der Waals surface area contributed by atoms with Crippen molar-refractivity contribution in [3.8, 4) is 0 Å². The number of imidazole rings is 1. The van der Waals surface area contributed by atoms with Gasteiger partial charge < -0.3 is 14.6 Å². The zero-order valence-corrected chi connectivity index (χ0v) is 16.3. The summed E-state index contributed by atoms with van der Waals surface area (Å²) in [5.41, 5.74) is 3.15. The monoisotopic (exact) mass is 396 g/mol. The Bertz CT molecular complexity index is 1030. The Balaban J connectivity index is 1.41. The van der Waals surface area contributed by atoms with Crippen LogP contribution >= 0.6 is 11.6 Å². The number of nitrogens with zero attached hydrogens (tertiary/aromatic N) is 3. The molecule has 3 aromatic rings. The maximum Gasteiger partial charge on any atom is 0.255 e. The van der Waals surface area contributed by atoms with Crippen LogP contribution in [0.15, 0.2) is 60.1 Å². The molecule has 0 saturated heterocycles. The average Bonchev–Trinajstić information content (AvgIpc) is 3.32. The Morgan fingerprint density at radius 2 is 2.18 bits per heavy atom. The summed E-state index contributed by atoms with van der Waals surface area (Å²) < 4.78 is 1.82. The largest absolute Gasteiger partial charge is 0.391 e. The van der Waals surface area contributed by atoms with Crippen molar-refractivity contribution >= 4 is 28.9 Å². The van der Waals surface area contributed by atoms with E-state index in [0.717, 1.165) is 24.1 Å². The van der Waals surface area contributed by atoms with Crippen LogP contribution in [0, 0.1) is 5.92 Å². The first kappa shape index (κ1) is 18.5. The van der Waals surface area contributed by atoms with E-state index in [9.17, 15) is 4.79 Å². The van der Waals surface area contributed by atoms with Gasteiger partial charge in [-0.25, -0.2) is 4.98 Å². The third-order valence-electron chi connectivity index (χ3n) is 5.04. The van der Waals surface area contributed by atoms with Gasteiger partial charge in [-0.15, -0.1) is 0 Å². The molecule has 4 rings (SSSR count). The molecule has 144 valence electrons. The zero-order valence-electron chi connectivity index (χ0n) is 15.5. The molecule has 0 spiro atoms. The summed E-state index contributed by atoms with van der Waals surface area (Å²) in [7, 11) is 0. The molecule has 2 aromatic heterocycles. The van der Waals surface area contributed by atoms with Crippen LogP contribution in [0.2, 0.25) is 5.02 Å². The number of pyridine rings is 1. The molecule has 28 heavy (non-hydrogen) atoms. The van der Waals surface area contributed by atoms with Gasteiger partial charge in [-0.3, -0.25) is 4.79 Å². The average molecular weight is 397 g/mol. The van der Waals surface area contributed by atoms with Gasteiger partial charge >= 0.3 is 0 Å². The van der Waals surface area contributed by atoms with E-state index in [2.05, 4.69) is 22.4 Å². The number of hydrogen-bond acceptors (Lipinski definition) is 4. The first-order valence-electron chi connectivity index (χ1n) is 9.32. The van der Waals surface area contributed by atoms with E-state index in [-0.39, 0.29) is 17.9 Å². The van der Waals surface area contributed by atoms with Gasteiger partial charge in [-0.2, -0.15) is 0 Å². The SMILES string of the molecule is CCC1C(CNC(=O)c2cccn3ccnc23)=NOC1Cc1cccc(Cl)c1. The molecule has 2 atom stereocenters. The standard InChI is InChI=1S/C21H21ClN4O2/c1-2-16-18(25-28-19(16)12-14-5-3-6-15(22)11-14)13-24-21(27)17-7-4-9-26-10-8-23-20(17)26/h3-11,16,19H,2,12-13H2,1H3,(H,24,27). The van der Waals surface area contributed by atoms with Crippen LogP contribution in [0.4, 0.5) is 0 Å². The Morgan fingerprint density at radius 3 is 3.00 bits per heavy atom. The van der Waals surface area contributed by atoms with Crippen molar-refractivity contribution in [3.63, 3.8) is 0 Å². The Kier molecular flexibility index (Phi) is 5.30. The predicted molar refractivity (Wildman–Crippen MR) is 109 cm³/mol. The highest BCUT2D eigenvalue weighted by molar-refractivity contribution is 6.30. The van der Waals surface area contributed by atoms with E-state index in [1.165, 1.54) is 0 Å². The lowest BCUT2D eigenvalue weighted by Gasteiger charge is -2.17. The topological polar surface area (TPSA) is 68.0 Å². The van der Waals surface area contributed by atoms with E-state index in [1.807, 2.05) is 47.1 Å². The molecular formula is C21H21ClN4O2. The molecule has 7 heteroatoms. The van der Waals surface area contributed by atoms with Crippen LogP contribution < -0.4 is 5.32 Å². The summed E-state index contributed by atoms with van der Waals surface area (Å²) in [5, 5.41) is 7.92. The summed E-state index contributed by atoms with van der Waals surface area (Å²) in [6, 6.07) is 11.4. The molecule has 0 saturated carbocycles. The van der Waals surface area contributed by atoms with Gasteiger partial charge in [0.05, 0.1) is 17.8 Å². The summed E-state index contributed by atoms with van der Waals surface area (Å²) >= 11 is 6.08. The molecule has 3 heterocycles. The zero-order chi connectivity index (χ0) is 19.5. The number of oxime groups is 1. The number of fused-ring (bicyclic) bond motifs is 1. The molecule has 6 nitrogen and oxygen atoms in total. The molecule has 0 radical (unpaired) electrons. The number of halogens is 1. The van der Waals surface area contributed by atoms with Crippen LogP contribution in [0.5, 0.6) is 0 Å². The van der Waals surface area contributed by atoms with E-state index >= 15 is 0 Å². The first-order valence-corrected chi connectivity index (χ1v) is 9.70. The van der Waals surface area contributed by atoms with Gasteiger partial charge in [0.1, 0.15) is 11.8 Å². The Labute approximate surface area is 168 Å². The van der Waals surface area contributed by atoms with Gasteiger partial charge in [-0.1, -0.05) is 35.8 Å². The number of aromatic nitrogens is 2. The fourth-order valence-corrected chi connectivity index (χ4v) is 3.83. The third kappa shape index (κ3) is 3.73. The van der Waals surface area contributed by atoms with Crippen LogP contribution in [-0.2, 0) is 11.3 Å². The number of amides is 1. The molecule has 2 unspecified atom stereocenters. The second-order valence-electron chi connectivity index (χ2n) is 6.84. The Hall–Kier alpha value is -2.86. The molecule has 0 aliphatic carbocycles. The van der Waals surface area contributed by atoms with Gasteiger partial charge in [-0.05, 0) is 36.2 Å². The molecule has 1 aromatic carbocycles. The number of nitrogens with one attached hydrogen (secondary N) is 1. The molecule has 1 amide bonds. The van der Waals surface area contributed by atoms with Crippen molar-refractivity contribution in [2.75, 3.05) is 6.54 Å². The number of hydrogen-bond donors (Lipinski definition) is 1. The maximum atomic E-state index is 12.6. The maximum absolute atomic E-state index is 12.6. The number of carbonyl (C=O) groups excluding carboxylic acids is 1. The minimum absolute atomic E-state index is 0.0499. The van der Waals surface area contributed by atoms with Crippen LogP contribution in [0.25, 0.3) is 5.65 Å². The van der Waals surface area contributed by atoms with Gasteiger partial charge in [0.2, 0.25) is 0 Å². The van der Waals surface area contributed by atoms with Crippen LogP contribution in [0.3, 0.4) is 0 Å². The van der Waals surface area contributed by atoms with E-state index in [0.29, 0.717) is 22.8 Å². The summed E-state index contributed by atoms with van der Waals surface area (Å²) in [6.45, 7) is 2.46. The van der Waals surface area contributed by atoms with Crippen molar-refractivity contribution in [1.29, 1.82) is 0 Å². The van der Waals surface area contributed by atoms with Gasteiger partial charge in [0.15, 0.2) is 0 Å². The predicted octanol–water partition coefficient (Wildman–Crippen LogP) is 3.74. The number of rotatable bonds is 6. The summed E-state index contributed by atoms with van der Waals surface area (Å²) in [5.74, 6) is -0.0193. The first-order chi connectivity index (χ1) is 13.7. The van der Waals surface area contributed by atoms with Crippen molar-refractivity contribution in [2.45, 2.75) is 25.9 Å². The summed E-state index contributed by atoms with van der Waals surface area (Å²) in [6.07, 6.45) is 6.92. The normalized spacial score (nSPS) is 18.7. The quantitative estimate of drug-likeness (QED) is 0.690. The lowest BCUT2D eigenvalue weighted by molar-refractivity contribution is 0.0614. The fraction of sp³-hybridized carbons (Fsp3) is 0.286. The number of benzene rings is 1. The van der Waals surface area contributed by atoms with Gasteiger partial charge in [0, 0.05) is 36.0 Å². The minimum atomic E-state index is -0.173. The summed E-state index contributed by atoms with van der Waals surface area (Å²) in [4.78, 5) is 22.6.